The number of rotatable bonds is 9. The molecule has 21 heavy (non-hydrogen) atoms. The van der Waals surface area contributed by atoms with Gasteiger partial charge in [-0.2, -0.15) is 0 Å². The van der Waals surface area contributed by atoms with Crippen LogP contribution in [0.4, 0.5) is 9.93 Å². The largest absolute Gasteiger partial charge is 0.382 e. The Labute approximate surface area is 131 Å². The molecule has 0 aliphatic rings. The van der Waals surface area contributed by atoms with E-state index in [0.717, 1.165) is 13.0 Å². The molecule has 0 radical (unpaired) electrons. The first-order valence-corrected chi connectivity index (χ1v) is 8.14. The SMILES string of the molecule is CCOCCCNc1nnc(S[C@H](C)C(=O)NC(N)=O)s1. The topological polar surface area (TPSA) is 119 Å². The van der Waals surface area contributed by atoms with Gasteiger partial charge in [-0.25, -0.2) is 4.79 Å². The monoisotopic (exact) mass is 333 g/mol. The number of nitrogens with two attached hydrogens (primary N) is 1. The average molecular weight is 333 g/mol. The summed E-state index contributed by atoms with van der Waals surface area (Å²) in [6, 6.07) is -0.860. The molecule has 1 aromatic heterocycles. The summed E-state index contributed by atoms with van der Waals surface area (Å²) in [5.74, 6) is -0.450. The zero-order valence-electron chi connectivity index (χ0n) is 11.9. The van der Waals surface area contributed by atoms with E-state index in [-0.39, 0.29) is 0 Å². The Balaban J connectivity index is 2.34. The van der Waals surface area contributed by atoms with Crippen LogP contribution in [0, 0.1) is 0 Å². The fourth-order valence-electron chi connectivity index (χ4n) is 1.27. The van der Waals surface area contributed by atoms with Gasteiger partial charge in [0.2, 0.25) is 11.0 Å². The fraction of sp³-hybridized carbons (Fsp3) is 0.636. The third kappa shape index (κ3) is 7.25. The minimum absolute atomic E-state index is 0.450. The number of amides is 3. The van der Waals surface area contributed by atoms with Gasteiger partial charge in [0.1, 0.15) is 0 Å². The van der Waals surface area contributed by atoms with E-state index in [4.69, 9.17) is 10.5 Å². The lowest BCUT2D eigenvalue weighted by Crippen LogP contribution is -2.39. The molecule has 3 amide bonds. The van der Waals surface area contributed by atoms with Gasteiger partial charge in [-0.05, 0) is 20.3 Å². The van der Waals surface area contributed by atoms with Crippen LogP contribution >= 0.6 is 23.1 Å². The maximum absolute atomic E-state index is 11.5. The molecule has 8 nitrogen and oxygen atoms in total. The van der Waals surface area contributed by atoms with Crippen molar-refractivity contribution in [2.75, 3.05) is 25.1 Å². The summed E-state index contributed by atoms with van der Waals surface area (Å²) in [6.45, 7) is 5.78. The number of nitrogens with zero attached hydrogens (tertiary/aromatic N) is 2. The van der Waals surface area contributed by atoms with E-state index in [1.807, 2.05) is 12.2 Å². The Morgan fingerprint density at radius 3 is 2.90 bits per heavy atom. The van der Waals surface area contributed by atoms with Crippen molar-refractivity contribution in [2.24, 2.45) is 5.73 Å². The Kier molecular flexibility index (Phi) is 8.01. The van der Waals surface area contributed by atoms with E-state index in [1.165, 1.54) is 23.1 Å². The average Bonchev–Trinajstić information content (AvgIpc) is 2.85. The van der Waals surface area contributed by atoms with Gasteiger partial charge in [0, 0.05) is 19.8 Å². The lowest BCUT2D eigenvalue weighted by atomic mass is 10.4. The third-order valence-electron chi connectivity index (χ3n) is 2.25. The highest BCUT2D eigenvalue weighted by Crippen LogP contribution is 2.28. The first-order chi connectivity index (χ1) is 10.0. The lowest BCUT2D eigenvalue weighted by Gasteiger charge is -2.06. The van der Waals surface area contributed by atoms with Crippen LogP contribution in [0.5, 0.6) is 0 Å². The molecule has 0 bridgehead atoms. The molecular formula is C11H19N5O3S2. The van der Waals surface area contributed by atoms with E-state index in [2.05, 4.69) is 15.5 Å². The molecule has 1 rings (SSSR count). The van der Waals surface area contributed by atoms with Crippen molar-refractivity contribution in [1.29, 1.82) is 0 Å². The first-order valence-electron chi connectivity index (χ1n) is 6.45. The molecule has 0 aromatic carbocycles. The highest BCUT2D eigenvalue weighted by Gasteiger charge is 2.18. The molecule has 0 saturated carbocycles. The smallest absolute Gasteiger partial charge is 0.318 e. The highest BCUT2D eigenvalue weighted by molar-refractivity contribution is 8.02. The zero-order valence-corrected chi connectivity index (χ0v) is 13.6. The quantitative estimate of drug-likeness (QED) is 0.456. The molecule has 0 fully saturated rings. The Morgan fingerprint density at radius 2 is 2.24 bits per heavy atom. The third-order valence-corrected chi connectivity index (χ3v) is 4.31. The number of primary amides is 1. The molecule has 1 heterocycles. The first kappa shape index (κ1) is 17.7. The number of thioether (sulfide) groups is 1. The van der Waals surface area contributed by atoms with Crippen molar-refractivity contribution in [2.45, 2.75) is 29.9 Å². The van der Waals surface area contributed by atoms with Gasteiger partial charge in [0.15, 0.2) is 4.34 Å². The molecule has 118 valence electrons. The highest BCUT2D eigenvalue weighted by atomic mass is 32.2. The Bertz CT molecular complexity index is 468. The van der Waals surface area contributed by atoms with Crippen molar-refractivity contribution in [3.05, 3.63) is 0 Å². The van der Waals surface area contributed by atoms with E-state index in [9.17, 15) is 9.59 Å². The summed E-state index contributed by atoms with van der Waals surface area (Å²) in [7, 11) is 0. The van der Waals surface area contributed by atoms with Gasteiger partial charge in [0.25, 0.3) is 0 Å². The summed E-state index contributed by atoms with van der Waals surface area (Å²) in [5.41, 5.74) is 4.89. The number of ether oxygens (including phenoxy) is 1. The summed E-state index contributed by atoms with van der Waals surface area (Å²) >= 11 is 2.58. The van der Waals surface area contributed by atoms with Crippen molar-refractivity contribution >= 4 is 40.2 Å². The normalized spacial score (nSPS) is 11.9. The molecule has 0 saturated heterocycles. The van der Waals surface area contributed by atoms with Crippen LogP contribution in [-0.4, -0.2) is 47.1 Å². The lowest BCUT2D eigenvalue weighted by molar-refractivity contribution is -0.119. The zero-order chi connectivity index (χ0) is 15.7. The molecular weight excluding hydrogens is 314 g/mol. The number of nitrogens with one attached hydrogen (secondary N) is 2. The molecule has 1 aromatic rings. The van der Waals surface area contributed by atoms with Gasteiger partial charge in [-0.1, -0.05) is 23.1 Å². The summed E-state index contributed by atoms with van der Waals surface area (Å²) in [6.07, 6.45) is 0.882. The van der Waals surface area contributed by atoms with Crippen molar-refractivity contribution in [3.63, 3.8) is 0 Å². The van der Waals surface area contributed by atoms with Gasteiger partial charge >= 0.3 is 6.03 Å². The van der Waals surface area contributed by atoms with E-state index in [0.29, 0.717) is 22.7 Å². The minimum atomic E-state index is -0.860. The number of hydrogen-bond donors (Lipinski definition) is 3. The number of urea groups is 1. The Morgan fingerprint density at radius 1 is 1.48 bits per heavy atom. The number of aromatic nitrogens is 2. The Hall–Kier alpha value is -1.39. The van der Waals surface area contributed by atoms with Gasteiger partial charge in [-0.15, -0.1) is 10.2 Å². The molecule has 0 aliphatic carbocycles. The maximum atomic E-state index is 11.5. The second-order valence-corrected chi connectivity index (χ2v) is 6.53. The molecule has 0 spiro atoms. The van der Waals surface area contributed by atoms with Crippen LogP contribution in [0.25, 0.3) is 0 Å². The minimum Gasteiger partial charge on any atom is -0.382 e. The number of imide groups is 1. The molecule has 10 heteroatoms. The summed E-state index contributed by atoms with van der Waals surface area (Å²) in [5, 5.41) is 13.3. The number of carbonyl (C=O) groups excluding carboxylic acids is 2. The molecule has 4 N–H and O–H groups in total. The van der Waals surface area contributed by atoms with E-state index < -0.39 is 17.2 Å². The van der Waals surface area contributed by atoms with Crippen molar-refractivity contribution in [3.8, 4) is 0 Å². The maximum Gasteiger partial charge on any atom is 0.318 e. The van der Waals surface area contributed by atoms with Gasteiger partial charge in [0.05, 0.1) is 5.25 Å². The molecule has 1 atom stereocenters. The second-order valence-electron chi connectivity index (χ2n) is 3.96. The van der Waals surface area contributed by atoms with Crippen LogP contribution in [0.1, 0.15) is 20.3 Å². The predicted octanol–water partition coefficient (Wildman–Crippen LogP) is 1.05. The summed E-state index contributed by atoms with van der Waals surface area (Å²) in [4.78, 5) is 22.1. The van der Waals surface area contributed by atoms with E-state index in [1.54, 1.807) is 6.92 Å². The second kappa shape index (κ2) is 9.53. The molecule has 0 unspecified atom stereocenters. The molecule has 0 aliphatic heterocycles. The van der Waals surface area contributed by atoms with Crippen LogP contribution in [0.3, 0.4) is 0 Å². The fourth-order valence-corrected chi connectivity index (χ4v) is 3.19. The number of anilines is 1. The van der Waals surface area contributed by atoms with Crippen LogP contribution in [-0.2, 0) is 9.53 Å². The van der Waals surface area contributed by atoms with Crippen LogP contribution < -0.4 is 16.4 Å². The van der Waals surface area contributed by atoms with Gasteiger partial charge in [-0.3, -0.25) is 10.1 Å². The van der Waals surface area contributed by atoms with Crippen LogP contribution in [0.2, 0.25) is 0 Å². The van der Waals surface area contributed by atoms with E-state index >= 15 is 0 Å². The van der Waals surface area contributed by atoms with Gasteiger partial charge < -0.3 is 15.8 Å². The predicted molar refractivity (Wildman–Crippen MR) is 82.6 cm³/mol. The standard InChI is InChI=1S/C11H19N5O3S2/c1-3-19-6-4-5-13-10-15-16-11(21-10)20-7(2)8(17)14-9(12)18/h7H,3-6H2,1-2H3,(H,13,15)(H3,12,14,17,18)/t7-/m1/s1. The van der Waals surface area contributed by atoms with Crippen molar-refractivity contribution in [1.82, 2.24) is 15.5 Å². The summed E-state index contributed by atoms with van der Waals surface area (Å²) < 4.78 is 5.88. The van der Waals surface area contributed by atoms with Crippen LogP contribution in [0.15, 0.2) is 4.34 Å². The number of carbonyl (C=O) groups is 2. The van der Waals surface area contributed by atoms with Crippen molar-refractivity contribution < 1.29 is 14.3 Å². The number of hydrogen-bond acceptors (Lipinski definition) is 8.